The van der Waals surface area contributed by atoms with Crippen LogP contribution in [0.3, 0.4) is 0 Å². The van der Waals surface area contributed by atoms with Crippen LogP contribution in [-0.2, 0) is 0 Å². The Kier molecular flexibility index (Phi) is 5.65. The molecular formula is C19H22N6O2. The lowest BCUT2D eigenvalue weighted by Crippen LogP contribution is -2.21. The Morgan fingerprint density at radius 3 is 2.37 bits per heavy atom. The SMILES string of the molecule is CCN(CC)c1ccc(NC(=O)c2cnc(Nc3cc(C)on3)cn2)cc1. The van der Waals surface area contributed by atoms with Gasteiger partial charge in [-0.3, -0.25) is 4.79 Å². The molecule has 2 heterocycles. The first kappa shape index (κ1) is 18.4. The molecule has 8 heteroatoms. The number of aromatic nitrogens is 3. The highest BCUT2D eigenvalue weighted by atomic mass is 16.5. The number of nitrogens with one attached hydrogen (secondary N) is 2. The monoisotopic (exact) mass is 366 g/mol. The van der Waals surface area contributed by atoms with E-state index in [2.05, 4.69) is 44.5 Å². The summed E-state index contributed by atoms with van der Waals surface area (Å²) in [5.41, 5.74) is 2.05. The predicted molar refractivity (Wildman–Crippen MR) is 105 cm³/mol. The van der Waals surface area contributed by atoms with Crippen molar-refractivity contribution in [3.8, 4) is 0 Å². The molecule has 2 aromatic heterocycles. The maximum atomic E-state index is 12.3. The van der Waals surface area contributed by atoms with Gasteiger partial charge in [-0.1, -0.05) is 5.16 Å². The molecule has 0 saturated carbocycles. The molecule has 0 radical (unpaired) electrons. The first-order valence-corrected chi connectivity index (χ1v) is 8.77. The topological polar surface area (TPSA) is 96.2 Å². The number of amides is 1. The molecule has 8 nitrogen and oxygen atoms in total. The van der Waals surface area contributed by atoms with Crippen molar-refractivity contribution in [2.75, 3.05) is 28.6 Å². The number of rotatable bonds is 7. The zero-order chi connectivity index (χ0) is 19.2. The average molecular weight is 366 g/mol. The second-order valence-electron chi connectivity index (χ2n) is 5.91. The summed E-state index contributed by atoms with van der Waals surface area (Å²) in [6, 6.07) is 9.47. The summed E-state index contributed by atoms with van der Waals surface area (Å²) in [6.07, 6.45) is 2.89. The first-order chi connectivity index (χ1) is 13.1. The van der Waals surface area contributed by atoms with Crippen LogP contribution in [0.25, 0.3) is 0 Å². The van der Waals surface area contributed by atoms with Gasteiger partial charge in [-0.25, -0.2) is 9.97 Å². The Hall–Kier alpha value is -3.42. The number of aryl methyl sites for hydroxylation is 1. The van der Waals surface area contributed by atoms with E-state index in [4.69, 9.17) is 4.52 Å². The van der Waals surface area contributed by atoms with Gasteiger partial charge in [-0.2, -0.15) is 0 Å². The molecule has 0 spiro atoms. The molecule has 0 atom stereocenters. The molecule has 0 aliphatic heterocycles. The van der Waals surface area contributed by atoms with Crippen molar-refractivity contribution in [3.63, 3.8) is 0 Å². The zero-order valence-corrected chi connectivity index (χ0v) is 15.6. The number of carbonyl (C=O) groups excluding carboxylic acids is 1. The molecule has 0 fully saturated rings. The lowest BCUT2D eigenvalue weighted by atomic mass is 10.2. The number of nitrogens with zero attached hydrogens (tertiary/aromatic N) is 4. The fourth-order valence-electron chi connectivity index (χ4n) is 2.61. The maximum absolute atomic E-state index is 12.3. The molecule has 0 bridgehead atoms. The second-order valence-corrected chi connectivity index (χ2v) is 5.91. The number of benzene rings is 1. The Balaban J connectivity index is 1.62. The van der Waals surface area contributed by atoms with E-state index >= 15 is 0 Å². The van der Waals surface area contributed by atoms with E-state index in [9.17, 15) is 4.79 Å². The summed E-state index contributed by atoms with van der Waals surface area (Å²) in [7, 11) is 0. The van der Waals surface area contributed by atoms with Gasteiger partial charge in [-0.05, 0) is 45.0 Å². The number of carbonyl (C=O) groups is 1. The van der Waals surface area contributed by atoms with E-state index < -0.39 is 0 Å². The van der Waals surface area contributed by atoms with Crippen molar-refractivity contribution in [1.82, 2.24) is 15.1 Å². The zero-order valence-electron chi connectivity index (χ0n) is 15.6. The van der Waals surface area contributed by atoms with E-state index in [1.54, 1.807) is 13.0 Å². The van der Waals surface area contributed by atoms with Crippen LogP contribution in [0, 0.1) is 6.92 Å². The molecule has 27 heavy (non-hydrogen) atoms. The second kappa shape index (κ2) is 8.31. The summed E-state index contributed by atoms with van der Waals surface area (Å²) >= 11 is 0. The smallest absolute Gasteiger partial charge is 0.275 e. The minimum Gasteiger partial charge on any atom is -0.372 e. The fourth-order valence-corrected chi connectivity index (χ4v) is 2.61. The van der Waals surface area contributed by atoms with E-state index in [1.165, 1.54) is 12.4 Å². The third kappa shape index (κ3) is 4.60. The van der Waals surface area contributed by atoms with Gasteiger partial charge in [-0.15, -0.1) is 0 Å². The lowest BCUT2D eigenvalue weighted by molar-refractivity contribution is 0.102. The standard InChI is InChI=1S/C19H22N6O2/c1-4-25(5-2)15-8-6-14(7-9-15)22-19(26)16-11-21-18(12-20-16)23-17-10-13(3)27-24-17/h6-12H,4-5H2,1-3H3,(H,22,26)(H,21,23,24). The van der Waals surface area contributed by atoms with Gasteiger partial charge in [0.2, 0.25) is 0 Å². The molecule has 1 amide bonds. The highest BCUT2D eigenvalue weighted by Gasteiger charge is 2.10. The van der Waals surface area contributed by atoms with Gasteiger partial charge >= 0.3 is 0 Å². The Bertz CT molecular complexity index is 885. The van der Waals surface area contributed by atoms with E-state index in [-0.39, 0.29) is 11.6 Å². The third-order valence-electron chi connectivity index (χ3n) is 4.02. The van der Waals surface area contributed by atoms with Crippen LogP contribution >= 0.6 is 0 Å². The quantitative estimate of drug-likeness (QED) is 0.659. The van der Waals surface area contributed by atoms with E-state index in [0.29, 0.717) is 23.1 Å². The normalized spacial score (nSPS) is 10.5. The number of hydrogen-bond acceptors (Lipinski definition) is 7. The summed E-state index contributed by atoms with van der Waals surface area (Å²) in [5.74, 6) is 1.38. The van der Waals surface area contributed by atoms with Crippen LogP contribution in [-0.4, -0.2) is 34.1 Å². The lowest BCUT2D eigenvalue weighted by Gasteiger charge is -2.21. The van der Waals surface area contributed by atoms with Gasteiger partial charge in [0.1, 0.15) is 17.3 Å². The van der Waals surface area contributed by atoms with Crippen molar-refractivity contribution >= 4 is 28.9 Å². The van der Waals surface area contributed by atoms with Gasteiger partial charge < -0.3 is 20.1 Å². The summed E-state index contributed by atoms with van der Waals surface area (Å²) < 4.78 is 4.97. The minimum atomic E-state index is -0.318. The highest BCUT2D eigenvalue weighted by Crippen LogP contribution is 2.18. The molecular weight excluding hydrogens is 344 g/mol. The molecule has 2 N–H and O–H groups in total. The Morgan fingerprint density at radius 1 is 1.07 bits per heavy atom. The largest absolute Gasteiger partial charge is 0.372 e. The summed E-state index contributed by atoms with van der Waals surface area (Å²) in [6.45, 7) is 7.89. The van der Waals surface area contributed by atoms with Crippen LogP contribution in [0.4, 0.5) is 23.0 Å². The van der Waals surface area contributed by atoms with Crippen LogP contribution < -0.4 is 15.5 Å². The fraction of sp³-hybridized carbons (Fsp3) is 0.263. The molecule has 1 aromatic carbocycles. The van der Waals surface area contributed by atoms with Gasteiger partial charge in [0, 0.05) is 30.5 Å². The molecule has 0 aliphatic carbocycles. The van der Waals surface area contributed by atoms with Crippen molar-refractivity contribution in [2.24, 2.45) is 0 Å². The highest BCUT2D eigenvalue weighted by molar-refractivity contribution is 6.02. The van der Waals surface area contributed by atoms with E-state index in [0.717, 1.165) is 18.8 Å². The van der Waals surface area contributed by atoms with Gasteiger partial charge in [0.15, 0.2) is 5.82 Å². The van der Waals surface area contributed by atoms with Crippen molar-refractivity contribution < 1.29 is 9.32 Å². The third-order valence-corrected chi connectivity index (χ3v) is 4.02. The minimum absolute atomic E-state index is 0.227. The van der Waals surface area contributed by atoms with Crippen molar-refractivity contribution in [2.45, 2.75) is 20.8 Å². The molecule has 3 aromatic rings. The van der Waals surface area contributed by atoms with Gasteiger partial charge in [0.25, 0.3) is 5.91 Å². The summed E-state index contributed by atoms with van der Waals surface area (Å²) in [4.78, 5) is 22.9. The average Bonchev–Trinajstić information content (AvgIpc) is 3.09. The summed E-state index contributed by atoms with van der Waals surface area (Å²) in [5, 5.41) is 9.60. The Labute approximate surface area is 157 Å². The van der Waals surface area contributed by atoms with Crippen LogP contribution in [0.5, 0.6) is 0 Å². The molecule has 0 saturated heterocycles. The number of anilines is 4. The van der Waals surface area contributed by atoms with Gasteiger partial charge in [0.05, 0.1) is 12.4 Å². The van der Waals surface area contributed by atoms with Crippen LogP contribution in [0.1, 0.15) is 30.1 Å². The van der Waals surface area contributed by atoms with E-state index in [1.807, 2.05) is 24.3 Å². The van der Waals surface area contributed by atoms with Crippen LogP contribution in [0.15, 0.2) is 47.2 Å². The molecule has 140 valence electrons. The Morgan fingerprint density at radius 2 is 1.81 bits per heavy atom. The van der Waals surface area contributed by atoms with Crippen molar-refractivity contribution in [3.05, 3.63) is 54.2 Å². The molecule has 3 rings (SSSR count). The number of hydrogen-bond donors (Lipinski definition) is 2. The molecule has 0 aliphatic rings. The predicted octanol–water partition coefficient (Wildman–Crippen LogP) is 3.62. The first-order valence-electron chi connectivity index (χ1n) is 8.77. The van der Waals surface area contributed by atoms with Crippen LogP contribution in [0.2, 0.25) is 0 Å². The molecule has 0 unspecified atom stereocenters. The maximum Gasteiger partial charge on any atom is 0.275 e. The van der Waals surface area contributed by atoms with Crippen molar-refractivity contribution in [1.29, 1.82) is 0 Å².